The van der Waals surface area contributed by atoms with Crippen molar-refractivity contribution in [3.63, 3.8) is 0 Å². The molecule has 1 aromatic heterocycles. The highest BCUT2D eigenvalue weighted by Crippen LogP contribution is 2.23. The van der Waals surface area contributed by atoms with Gasteiger partial charge in [-0.25, -0.2) is 13.2 Å². The van der Waals surface area contributed by atoms with E-state index < -0.39 is 21.7 Å². The summed E-state index contributed by atoms with van der Waals surface area (Å²) < 4.78 is 26.4. The molecule has 21 heavy (non-hydrogen) atoms. The van der Waals surface area contributed by atoms with Crippen molar-refractivity contribution in [2.45, 2.75) is 11.8 Å². The first-order valence-corrected chi connectivity index (χ1v) is 7.93. The molecule has 0 atom stereocenters. The standard InChI is InChI=1S/C11H18N4O5S/c1-8-10(9(11(17)18)13-12-8)21(19,20)15-4-2-14(3-5-15)6-7-16/h16H,2-7H2,1H3,(H,12,13)(H,17,18). The average molecular weight is 318 g/mol. The number of aryl methyl sites for hydroxylation is 1. The number of H-pyrrole nitrogens is 1. The highest BCUT2D eigenvalue weighted by molar-refractivity contribution is 7.89. The first-order chi connectivity index (χ1) is 9.87. The van der Waals surface area contributed by atoms with E-state index in [1.165, 1.54) is 11.2 Å². The molecule has 0 aromatic carbocycles. The van der Waals surface area contributed by atoms with Crippen LogP contribution in [0.1, 0.15) is 16.2 Å². The molecule has 1 aliphatic rings. The molecule has 0 unspecified atom stereocenters. The third-order valence-corrected chi connectivity index (χ3v) is 5.50. The molecule has 0 radical (unpaired) electrons. The molecule has 118 valence electrons. The van der Waals surface area contributed by atoms with E-state index in [0.29, 0.717) is 19.6 Å². The van der Waals surface area contributed by atoms with Gasteiger partial charge in [0.1, 0.15) is 4.90 Å². The summed E-state index contributed by atoms with van der Waals surface area (Å²) in [4.78, 5) is 12.8. The zero-order chi connectivity index (χ0) is 15.6. The van der Waals surface area contributed by atoms with Gasteiger partial charge in [-0.3, -0.25) is 10.00 Å². The molecule has 0 spiro atoms. The molecule has 1 fully saturated rings. The fraction of sp³-hybridized carbons (Fsp3) is 0.636. The van der Waals surface area contributed by atoms with Crippen LogP contribution in [0.25, 0.3) is 0 Å². The number of nitrogens with one attached hydrogen (secondary N) is 1. The summed E-state index contributed by atoms with van der Waals surface area (Å²) in [6, 6.07) is 0. The number of aromatic nitrogens is 2. The van der Waals surface area contributed by atoms with Crippen molar-refractivity contribution in [3.8, 4) is 0 Å². The fourth-order valence-corrected chi connectivity index (χ4v) is 4.06. The summed E-state index contributed by atoms with van der Waals surface area (Å²) in [5, 5.41) is 23.9. The number of sulfonamides is 1. The highest BCUT2D eigenvalue weighted by Gasteiger charge is 2.35. The Bertz CT molecular complexity index is 619. The van der Waals surface area contributed by atoms with Gasteiger partial charge in [-0.05, 0) is 6.92 Å². The Balaban J connectivity index is 2.24. The van der Waals surface area contributed by atoms with E-state index in [4.69, 9.17) is 10.2 Å². The Morgan fingerprint density at radius 1 is 1.33 bits per heavy atom. The van der Waals surface area contributed by atoms with E-state index in [-0.39, 0.29) is 30.3 Å². The summed E-state index contributed by atoms with van der Waals surface area (Å²) >= 11 is 0. The maximum Gasteiger partial charge on any atom is 0.357 e. The molecule has 1 aromatic rings. The van der Waals surface area contributed by atoms with Gasteiger partial charge in [0.15, 0.2) is 5.69 Å². The lowest BCUT2D eigenvalue weighted by atomic mass is 10.3. The van der Waals surface area contributed by atoms with Crippen molar-refractivity contribution < 1.29 is 23.4 Å². The number of carbonyl (C=O) groups is 1. The number of aromatic amines is 1. The Kier molecular flexibility index (Phi) is 4.61. The number of aromatic carboxylic acids is 1. The monoisotopic (exact) mass is 318 g/mol. The molecule has 0 aliphatic carbocycles. The first-order valence-electron chi connectivity index (χ1n) is 6.49. The Labute approximate surface area is 122 Å². The van der Waals surface area contributed by atoms with Crippen LogP contribution in [0.3, 0.4) is 0 Å². The lowest BCUT2D eigenvalue weighted by Gasteiger charge is -2.33. The number of nitrogens with zero attached hydrogens (tertiary/aromatic N) is 3. The number of aliphatic hydroxyl groups is 1. The van der Waals surface area contributed by atoms with Crippen LogP contribution >= 0.6 is 0 Å². The lowest BCUT2D eigenvalue weighted by Crippen LogP contribution is -2.49. The van der Waals surface area contributed by atoms with Crippen LogP contribution in [0, 0.1) is 6.92 Å². The highest BCUT2D eigenvalue weighted by atomic mass is 32.2. The third kappa shape index (κ3) is 3.07. The normalized spacial score (nSPS) is 18.0. The molecule has 2 heterocycles. The summed E-state index contributed by atoms with van der Waals surface area (Å²) in [6.45, 7) is 3.51. The average Bonchev–Trinajstić information content (AvgIpc) is 2.82. The van der Waals surface area contributed by atoms with Gasteiger partial charge in [0.05, 0.1) is 12.3 Å². The van der Waals surface area contributed by atoms with Gasteiger partial charge >= 0.3 is 5.97 Å². The number of piperazine rings is 1. The molecule has 9 nitrogen and oxygen atoms in total. The number of aliphatic hydroxyl groups excluding tert-OH is 1. The number of carboxylic acids is 1. The second kappa shape index (κ2) is 6.10. The van der Waals surface area contributed by atoms with Crippen LogP contribution in [0.5, 0.6) is 0 Å². The van der Waals surface area contributed by atoms with E-state index in [9.17, 15) is 13.2 Å². The van der Waals surface area contributed by atoms with Crippen molar-refractivity contribution in [3.05, 3.63) is 11.4 Å². The molecule has 2 rings (SSSR count). The summed E-state index contributed by atoms with van der Waals surface area (Å²) in [7, 11) is -3.89. The van der Waals surface area contributed by atoms with Crippen LogP contribution in [-0.4, -0.2) is 83.3 Å². The lowest BCUT2D eigenvalue weighted by molar-refractivity contribution is 0.0685. The Morgan fingerprint density at radius 3 is 2.48 bits per heavy atom. The van der Waals surface area contributed by atoms with Crippen molar-refractivity contribution in [2.24, 2.45) is 0 Å². The topological polar surface area (TPSA) is 127 Å². The molecule has 10 heteroatoms. The Hall–Kier alpha value is -1.49. The molecule has 0 saturated carbocycles. The van der Waals surface area contributed by atoms with Gasteiger partial charge in [-0.2, -0.15) is 9.40 Å². The van der Waals surface area contributed by atoms with Gasteiger partial charge in [-0.1, -0.05) is 0 Å². The number of hydrogen-bond donors (Lipinski definition) is 3. The molecule has 0 bridgehead atoms. The smallest absolute Gasteiger partial charge is 0.357 e. The van der Waals surface area contributed by atoms with Crippen molar-refractivity contribution in [2.75, 3.05) is 39.3 Å². The number of hydrogen-bond acceptors (Lipinski definition) is 6. The number of carboxylic acid groups (broad SMARTS) is 1. The van der Waals surface area contributed by atoms with Gasteiger partial charge in [0.2, 0.25) is 10.0 Å². The summed E-state index contributed by atoms with van der Waals surface area (Å²) in [6.07, 6.45) is 0. The molecular weight excluding hydrogens is 300 g/mol. The molecule has 3 N–H and O–H groups in total. The minimum atomic E-state index is -3.89. The Morgan fingerprint density at radius 2 is 1.95 bits per heavy atom. The molecule has 1 aliphatic heterocycles. The maximum atomic E-state index is 12.6. The van der Waals surface area contributed by atoms with E-state index in [1.807, 2.05) is 4.90 Å². The fourth-order valence-electron chi connectivity index (χ4n) is 2.34. The van der Waals surface area contributed by atoms with E-state index in [2.05, 4.69) is 10.2 Å². The van der Waals surface area contributed by atoms with Crippen LogP contribution in [0.4, 0.5) is 0 Å². The van der Waals surface area contributed by atoms with Crippen molar-refractivity contribution in [1.82, 2.24) is 19.4 Å². The van der Waals surface area contributed by atoms with Gasteiger partial charge in [-0.15, -0.1) is 0 Å². The molecule has 1 saturated heterocycles. The first kappa shape index (κ1) is 15.9. The second-order valence-electron chi connectivity index (χ2n) is 4.80. The zero-order valence-corrected chi connectivity index (χ0v) is 12.4. The summed E-state index contributed by atoms with van der Waals surface area (Å²) in [5.74, 6) is -1.38. The minimum absolute atomic E-state index is 0.0246. The zero-order valence-electron chi connectivity index (χ0n) is 11.6. The predicted molar refractivity (Wildman–Crippen MR) is 72.6 cm³/mol. The SMILES string of the molecule is Cc1[nH]nc(C(=O)O)c1S(=O)(=O)N1CCN(CCO)CC1. The molecule has 0 amide bonds. The van der Waals surface area contributed by atoms with Gasteiger partial charge < -0.3 is 10.2 Å². The van der Waals surface area contributed by atoms with E-state index in [0.717, 1.165) is 0 Å². The molecular formula is C11H18N4O5S. The third-order valence-electron chi connectivity index (χ3n) is 3.44. The van der Waals surface area contributed by atoms with Crippen molar-refractivity contribution >= 4 is 16.0 Å². The van der Waals surface area contributed by atoms with Crippen molar-refractivity contribution in [1.29, 1.82) is 0 Å². The van der Waals surface area contributed by atoms with Crippen LogP contribution in [0.15, 0.2) is 4.90 Å². The van der Waals surface area contributed by atoms with Crippen LogP contribution in [0.2, 0.25) is 0 Å². The number of rotatable bonds is 5. The van der Waals surface area contributed by atoms with E-state index >= 15 is 0 Å². The minimum Gasteiger partial charge on any atom is -0.476 e. The van der Waals surface area contributed by atoms with Crippen LogP contribution in [-0.2, 0) is 10.0 Å². The second-order valence-corrected chi connectivity index (χ2v) is 6.68. The quantitative estimate of drug-likeness (QED) is 0.617. The van der Waals surface area contributed by atoms with Gasteiger partial charge in [0, 0.05) is 32.7 Å². The van der Waals surface area contributed by atoms with E-state index in [1.54, 1.807) is 0 Å². The van der Waals surface area contributed by atoms with Gasteiger partial charge in [0.25, 0.3) is 0 Å². The maximum absolute atomic E-state index is 12.6. The largest absolute Gasteiger partial charge is 0.476 e. The number of β-amino-alcohol motifs (C(OH)–C–C–N with tert-alkyl or cyclic N) is 1. The summed E-state index contributed by atoms with van der Waals surface area (Å²) in [5.41, 5.74) is -0.268. The predicted octanol–water partition coefficient (Wildman–Crippen LogP) is -1.29. The van der Waals surface area contributed by atoms with Crippen LogP contribution < -0.4 is 0 Å².